The Hall–Kier alpha value is -1.57. The van der Waals surface area contributed by atoms with Crippen molar-refractivity contribution < 1.29 is 10.0 Å². The van der Waals surface area contributed by atoms with Gasteiger partial charge in [0.2, 0.25) is 0 Å². The summed E-state index contributed by atoms with van der Waals surface area (Å²) in [6.45, 7) is 0.254. The maximum atomic E-state index is 11.0. The number of rotatable bonds is 6. The summed E-state index contributed by atoms with van der Waals surface area (Å²) >= 11 is 4.97. The summed E-state index contributed by atoms with van der Waals surface area (Å²) in [5.41, 5.74) is 6.06. The van der Waals surface area contributed by atoms with E-state index in [1.165, 1.54) is 6.07 Å². The third-order valence-corrected chi connectivity index (χ3v) is 2.81. The van der Waals surface area contributed by atoms with Crippen molar-refractivity contribution in [3.63, 3.8) is 0 Å². The highest BCUT2D eigenvalue weighted by molar-refractivity contribution is 7.80. The van der Waals surface area contributed by atoms with E-state index in [-0.39, 0.29) is 17.3 Å². The lowest BCUT2D eigenvalue weighted by molar-refractivity contribution is -0.385. The number of aliphatic hydroxyl groups is 1. The minimum absolute atomic E-state index is 0.0277. The van der Waals surface area contributed by atoms with Gasteiger partial charge in [0.25, 0.3) is 5.69 Å². The zero-order valence-corrected chi connectivity index (χ0v) is 10.8. The van der Waals surface area contributed by atoms with E-state index >= 15 is 0 Å². The first-order valence-electron chi connectivity index (χ1n) is 5.32. The number of hydrogen-bond acceptors (Lipinski definition) is 5. The second-order valence-corrected chi connectivity index (χ2v) is 4.30. The van der Waals surface area contributed by atoms with Crippen molar-refractivity contribution in [3.05, 3.63) is 39.9 Å². The fraction of sp³-hybridized carbons (Fsp3) is 0.364. The molecule has 0 saturated heterocycles. The Morgan fingerprint density at radius 3 is 2.72 bits per heavy atom. The minimum Gasteiger partial charge on any atom is -0.395 e. The molecule has 0 aromatic heterocycles. The van der Waals surface area contributed by atoms with Crippen LogP contribution >= 0.6 is 12.2 Å². The fourth-order valence-corrected chi connectivity index (χ4v) is 2.09. The van der Waals surface area contributed by atoms with Gasteiger partial charge in [-0.2, -0.15) is 0 Å². The number of thiocarbonyl (C=S) groups is 1. The van der Waals surface area contributed by atoms with Gasteiger partial charge < -0.3 is 10.8 Å². The molecule has 18 heavy (non-hydrogen) atoms. The summed E-state index contributed by atoms with van der Waals surface area (Å²) in [7, 11) is 1.71. The number of benzene rings is 1. The quantitative estimate of drug-likeness (QED) is 0.452. The number of nitrogens with two attached hydrogens (primary N) is 1. The Balaban J connectivity index is 3.21. The lowest BCUT2D eigenvalue weighted by Crippen LogP contribution is -2.36. The van der Waals surface area contributed by atoms with Gasteiger partial charge in [-0.15, -0.1) is 0 Å². The van der Waals surface area contributed by atoms with Crippen LogP contribution in [-0.2, 0) is 0 Å². The average molecular weight is 269 g/mol. The standard InChI is InChI=1S/C11H15N3O3S/c1-13(6-7-15)10(11(12)18)8-4-2-3-5-9(8)14(16)17/h2-5,10,15H,6-7H2,1H3,(H2,12,18). The Labute approximate surface area is 110 Å². The SMILES string of the molecule is CN(CCO)C(C(N)=S)c1ccccc1[N+](=O)[O-]. The summed E-state index contributed by atoms with van der Waals surface area (Å²) in [5.74, 6) is 0. The third kappa shape index (κ3) is 3.22. The molecule has 0 radical (unpaired) electrons. The number of nitro groups is 1. The molecule has 0 fully saturated rings. The lowest BCUT2D eigenvalue weighted by Gasteiger charge is -2.26. The number of hydrogen-bond donors (Lipinski definition) is 2. The Morgan fingerprint density at radius 2 is 2.22 bits per heavy atom. The molecule has 1 aromatic rings. The molecule has 1 unspecified atom stereocenters. The molecule has 0 bridgehead atoms. The van der Waals surface area contributed by atoms with Crippen molar-refractivity contribution in [1.82, 2.24) is 4.90 Å². The van der Waals surface area contributed by atoms with Crippen LogP contribution in [0, 0.1) is 10.1 Å². The second kappa shape index (κ2) is 6.39. The van der Waals surface area contributed by atoms with Crippen LogP contribution in [-0.4, -0.2) is 40.1 Å². The summed E-state index contributed by atoms with van der Waals surface area (Å²) < 4.78 is 0. The Bertz CT molecular complexity index is 453. The smallest absolute Gasteiger partial charge is 0.274 e. The summed E-state index contributed by atoms with van der Waals surface area (Å²) in [5, 5.41) is 19.9. The summed E-state index contributed by atoms with van der Waals surface area (Å²) in [6.07, 6.45) is 0. The van der Waals surface area contributed by atoms with E-state index in [0.29, 0.717) is 12.1 Å². The summed E-state index contributed by atoms with van der Waals surface area (Å²) in [4.78, 5) is 12.3. The number of nitro benzene ring substituents is 1. The number of aliphatic hydroxyl groups excluding tert-OH is 1. The van der Waals surface area contributed by atoms with Crippen LogP contribution in [0.4, 0.5) is 5.69 Å². The van der Waals surface area contributed by atoms with Gasteiger partial charge in [0.1, 0.15) is 0 Å². The highest BCUT2D eigenvalue weighted by Crippen LogP contribution is 2.28. The third-order valence-electron chi connectivity index (χ3n) is 2.59. The van der Waals surface area contributed by atoms with Gasteiger partial charge >= 0.3 is 0 Å². The van der Waals surface area contributed by atoms with E-state index in [0.717, 1.165) is 0 Å². The minimum atomic E-state index is -0.561. The fourth-order valence-electron chi connectivity index (χ4n) is 1.78. The predicted molar refractivity (Wildman–Crippen MR) is 72.3 cm³/mol. The molecule has 7 heteroatoms. The Kier molecular flexibility index (Phi) is 5.14. The first-order valence-corrected chi connectivity index (χ1v) is 5.73. The van der Waals surface area contributed by atoms with Crippen molar-refractivity contribution in [2.45, 2.75) is 6.04 Å². The zero-order valence-electron chi connectivity index (χ0n) is 9.94. The number of likely N-dealkylation sites (N-methyl/N-ethyl adjacent to an activating group) is 1. The van der Waals surface area contributed by atoms with Crippen LogP contribution in [0.2, 0.25) is 0 Å². The molecule has 1 aromatic carbocycles. The normalized spacial score (nSPS) is 12.4. The van der Waals surface area contributed by atoms with E-state index in [1.54, 1.807) is 30.1 Å². The molecule has 0 aliphatic heterocycles. The molecule has 0 spiro atoms. The maximum Gasteiger partial charge on any atom is 0.274 e. The van der Waals surface area contributed by atoms with Crippen LogP contribution in [0.1, 0.15) is 11.6 Å². The molecule has 0 saturated carbocycles. The van der Waals surface area contributed by atoms with Gasteiger partial charge in [0.05, 0.1) is 28.1 Å². The molecule has 0 aliphatic carbocycles. The van der Waals surface area contributed by atoms with Crippen LogP contribution in [0.3, 0.4) is 0 Å². The molecular formula is C11H15N3O3S. The van der Waals surface area contributed by atoms with Gasteiger partial charge in [-0.3, -0.25) is 15.0 Å². The van der Waals surface area contributed by atoms with E-state index in [9.17, 15) is 10.1 Å². The van der Waals surface area contributed by atoms with Gasteiger partial charge in [0.15, 0.2) is 0 Å². The highest BCUT2D eigenvalue weighted by atomic mass is 32.1. The van der Waals surface area contributed by atoms with E-state index in [4.69, 9.17) is 23.1 Å². The van der Waals surface area contributed by atoms with Crippen LogP contribution in [0.25, 0.3) is 0 Å². The van der Waals surface area contributed by atoms with Gasteiger partial charge in [-0.1, -0.05) is 30.4 Å². The van der Waals surface area contributed by atoms with Crippen molar-refractivity contribution in [2.24, 2.45) is 5.73 Å². The van der Waals surface area contributed by atoms with Gasteiger partial charge in [-0.25, -0.2) is 0 Å². The van der Waals surface area contributed by atoms with E-state index in [1.807, 2.05) is 0 Å². The maximum absolute atomic E-state index is 11.0. The van der Waals surface area contributed by atoms with Gasteiger partial charge in [0, 0.05) is 12.6 Å². The van der Waals surface area contributed by atoms with Crippen LogP contribution in [0.5, 0.6) is 0 Å². The van der Waals surface area contributed by atoms with Gasteiger partial charge in [-0.05, 0) is 7.05 Å². The molecule has 0 aliphatic rings. The molecule has 6 nitrogen and oxygen atoms in total. The van der Waals surface area contributed by atoms with Crippen molar-refractivity contribution >= 4 is 22.9 Å². The molecule has 3 N–H and O–H groups in total. The predicted octanol–water partition coefficient (Wildman–Crippen LogP) is 0.846. The second-order valence-electron chi connectivity index (χ2n) is 3.83. The molecule has 98 valence electrons. The molecule has 1 atom stereocenters. The van der Waals surface area contributed by atoms with E-state index in [2.05, 4.69) is 0 Å². The number of nitrogens with zero attached hydrogens (tertiary/aromatic N) is 2. The van der Waals surface area contributed by atoms with E-state index < -0.39 is 11.0 Å². The van der Waals surface area contributed by atoms with Crippen LogP contribution < -0.4 is 5.73 Å². The summed E-state index contributed by atoms with van der Waals surface area (Å²) in [6, 6.07) is 5.75. The zero-order chi connectivity index (χ0) is 13.7. The highest BCUT2D eigenvalue weighted by Gasteiger charge is 2.26. The Morgan fingerprint density at radius 1 is 1.61 bits per heavy atom. The first kappa shape index (κ1) is 14.5. The lowest BCUT2D eigenvalue weighted by atomic mass is 10.0. The largest absolute Gasteiger partial charge is 0.395 e. The van der Waals surface area contributed by atoms with Crippen molar-refractivity contribution in [1.29, 1.82) is 0 Å². The molecule has 1 rings (SSSR count). The first-order chi connectivity index (χ1) is 8.49. The molecular weight excluding hydrogens is 254 g/mol. The topological polar surface area (TPSA) is 92.6 Å². The number of para-hydroxylation sites is 1. The van der Waals surface area contributed by atoms with Crippen molar-refractivity contribution in [2.75, 3.05) is 20.2 Å². The van der Waals surface area contributed by atoms with Crippen molar-refractivity contribution in [3.8, 4) is 0 Å². The molecule has 0 amide bonds. The molecule has 0 heterocycles. The average Bonchev–Trinajstić information content (AvgIpc) is 2.29. The monoisotopic (exact) mass is 269 g/mol. The van der Waals surface area contributed by atoms with Crippen LogP contribution in [0.15, 0.2) is 24.3 Å².